The first-order chi connectivity index (χ1) is 17.9. The maximum absolute atomic E-state index is 6.34. The van der Waals surface area contributed by atoms with E-state index in [9.17, 15) is 0 Å². The second kappa shape index (κ2) is 11.3. The molecule has 1 fully saturated rings. The molecule has 2 aliphatic rings. The van der Waals surface area contributed by atoms with Crippen LogP contribution in [0.2, 0.25) is 0 Å². The normalized spacial score (nSPS) is 16.8. The van der Waals surface area contributed by atoms with Crippen molar-refractivity contribution in [3.8, 4) is 5.75 Å². The Morgan fingerprint density at radius 1 is 1.08 bits per heavy atom. The van der Waals surface area contributed by atoms with Gasteiger partial charge in [-0.05, 0) is 0 Å². The first-order valence-electron chi connectivity index (χ1n) is 12.9. The first-order valence-corrected chi connectivity index (χ1v) is 15.3. The Hall–Kier alpha value is -2.85. The van der Waals surface area contributed by atoms with E-state index in [1.54, 1.807) is 0 Å². The van der Waals surface area contributed by atoms with Crippen LogP contribution in [0.5, 0.6) is 5.75 Å². The van der Waals surface area contributed by atoms with Crippen LogP contribution in [0.3, 0.4) is 0 Å². The number of hydrogen-bond acceptors (Lipinski definition) is 6. The number of aromatic amines is 1. The van der Waals surface area contributed by atoms with E-state index in [0.29, 0.717) is 5.92 Å². The molecule has 2 aromatic carbocycles. The van der Waals surface area contributed by atoms with E-state index in [1.165, 1.54) is 24.0 Å². The Morgan fingerprint density at radius 3 is 2.57 bits per heavy atom. The van der Waals surface area contributed by atoms with Crippen LogP contribution in [-0.4, -0.2) is 47.2 Å². The summed E-state index contributed by atoms with van der Waals surface area (Å²) in [6.45, 7) is 10.7. The Kier molecular flexibility index (Phi) is 7.85. The van der Waals surface area contributed by atoms with E-state index in [2.05, 4.69) is 76.7 Å². The second-order valence-electron chi connectivity index (χ2n) is 10.1. The molecule has 0 saturated carbocycles. The zero-order chi connectivity index (χ0) is 25.9. The number of amidine groups is 1. The molecule has 0 radical (unpaired) electrons. The van der Waals surface area contributed by atoms with Crippen molar-refractivity contribution in [2.75, 3.05) is 30.8 Å². The number of rotatable bonds is 6. The first kappa shape index (κ1) is 25.8. The van der Waals surface area contributed by atoms with Gasteiger partial charge < -0.3 is 0 Å². The van der Waals surface area contributed by atoms with Crippen LogP contribution in [0, 0.1) is 17.5 Å². The fraction of sp³-hybridized carbons (Fsp3) is 0.379. The number of aryl methyl sites for hydroxylation is 2. The monoisotopic (exact) mass is 611 g/mol. The molecule has 3 aromatic rings. The van der Waals surface area contributed by atoms with Crippen LogP contribution in [0.25, 0.3) is 0 Å². The van der Waals surface area contributed by atoms with Crippen molar-refractivity contribution in [3.63, 3.8) is 0 Å². The Labute approximate surface area is 230 Å². The molecule has 8 heteroatoms. The zero-order valence-corrected chi connectivity index (χ0v) is 24.4. The predicted molar refractivity (Wildman–Crippen MR) is 147 cm³/mol. The zero-order valence-electron chi connectivity index (χ0n) is 22.2. The number of fused-ring (bicyclic) bond motifs is 1. The van der Waals surface area contributed by atoms with Crippen molar-refractivity contribution < 1.29 is 25.9 Å². The fourth-order valence-corrected chi connectivity index (χ4v) is 7.03. The molecule has 0 unspecified atom stereocenters. The summed E-state index contributed by atoms with van der Waals surface area (Å²) in [6.07, 6.45) is 2.45. The summed E-state index contributed by atoms with van der Waals surface area (Å²) in [5.41, 5.74) is 6.74. The minimum atomic E-state index is -0.477. The number of likely N-dealkylation sites (tertiary alicyclic amines) is 1. The third-order valence-corrected chi connectivity index (χ3v) is 9.09. The molecule has 7 nitrogen and oxygen atoms in total. The molecular weight excluding hydrogens is 575 g/mol. The van der Waals surface area contributed by atoms with Crippen molar-refractivity contribution in [1.29, 1.82) is 0 Å². The summed E-state index contributed by atoms with van der Waals surface area (Å²) in [4.78, 5) is 7.49. The van der Waals surface area contributed by atoms with E-state index >= 15 is 0 Å². The molecule has 37 heavy (non-hydrogen) atoms. The van der Waals surface area contributed by atoms with Crippen LogP contribution >= 0.6 is 0 Å². The van der Waals surface area contributed by atoms with Gasteiger partial charge in [0.05, 0.1) is 0 Å². The average molecular weight is 612 g/mol. The van der Waals surface area contributed by atoms with Gasteiger partial charge in [-0.1, -0.05) is 0 Å². The van der Waals surface area contributed by atoms with Gasteiger partial charge in [0.15, 0.2) is 0 Å². The molecule has 2 aliphatic heterocycles. The number of hydrogen-bond donors (Lipinski definition) is 3. The number of anilines is 2. The van der Waals surface area contributed by atoms with Gasteiger partial charge in [-0.3, -0.25) is 0 Å². The molecule has 3 N–H and O–H groups in total. The number of aliphatic imine (C=N–C) groups is 1. The summed E-state index contributed by atoms with van der Waals surface area (Å²) < 4.78 is 9.63. The van der Waals surface area contributed by atoms with Gasteiger partial charge in [0, 0.05) is 0 Å². The number of para-hydroxylation sites is 1. The average Bonchev–Trinajstić information content (AvgIpc) is 3.15. The third kappa shape index (κ3) is 6.01. The summed E-state index contributed by atoms with van der Waals surface area (Å²) in [5.74, 6) is 3.08. The molecule has 0 amide bonds. The molecule has 0 aliphatic carbocycles. The van der Waals surface area contributed by atoms with Crippen LogP contribution in [-0.2, 0) is 0 Å². The van der Waals surface area contributed by atoms with Crippen LogP contribution in [0.15, 0.2) is 57.4 Å². The van der Waals surface area contributed by atoms with E-state index < -0.39 is 21.2 Å². The summed E-state index contributed by atoms with van der Waals surface area (Å²) >= 11 is -0.477. The fourth-order valence-electron chi connectivity index (χ4n) is 4.91. The number of nitrogens with zero attached hydrogens (tertiary/aromatic N) is 3. The van der Waals surface area contributed by atoms with E-state index in [-0.39, 0.29) is 6.10 Å². The quantitative estimate of drug-likeness (QED) is 0.374. The van der Waals surface area contributed by atoms with Gasteiger partial charge in [-0.15, -0.1) is 0 Å². The van der Waals surface area contributed by atoms with Crippen LogP contribution in [0.4, 0.5) is 11.4 Å². The summed E-state index contributed by atoms with van der Waals surface area (Å²) in [6, 6.07) is 14.7. The topological polar surface area (TPSA) is 77.6 Å². The predicted octanol–water partition coefficient (Wildman–Crippen LogP) is 2.66. The molecule has 5 rings (SSSR count). The Morgan fingerprint density at radius 2 is 1.84 bits per heavy atom. The third-order valence-electron chi connectivity index (χ3n) is 6.82. The van der Waals surface area contributed by atoms with E-state index in [4.69, 9.17) is 9.73 Å². The number of nitrogens with one attached hydrogen (secondary N) is 3. The summed E-state index contributed by atoms with van der Waals surface area (Å²) in [7, 11) is 2.21. The second-order valence-corrected chi connectivity index (χ2v) is 12.4. The number of aromatic nitrogens is 2. The molecular formula is C29H36IN6O-. The molecule has 0 spiro atoms. The van der Waals surface area contributed by atoms with E-state index in [0.717, 1.165) is 56.8 Å². The van der Waals surface area contributed by atoms with E-state index in [1.807, 2.05) is 30.3 Å². The maximum atomic E-state index is 6.34. The molecule has 196 valence electrons. The van der Waals surface area contributed by atoms with Crippen LogP contribution < -0.4 is 36.6 Å². The summed E-state index contributed by atoms with van der Waals surface area (Å²) in [5, 5.41) is 14.9. The molecule has 1 aromatic heterocycles. The van der Waals surface area contributed by atoms with Gasteiger partial charge >= 0.3 is 231 Å². The molecule has 3 heterocycles. The van der Waals surface area contributed by atoms with Gasteiger partial charge in [0.1, 0.15) is 0 Å². The number of benzene rings is 2. The minimum absolute atomic E-state index is 0.0792. The van der Waals surface area contributed by atoms with Gasteiger partial charge in [-0.25, -0.2) is 0 Å². The van der Waals surface area contributed by atoms with Gasteiger partial charge in [0.2, 0.25) is 0 Å². The standard InChI is InChI=1S/C29H36IN6O/c1-18(2)37-25-16-23(21-11-13-36(5)14-12-21)19(3)15-24(25)32-26-17-30-28-27(20(4)34-35-28)29(33-26)31-22-9-7-6-8-10-22/h6-10,15-18,21,32H,11-14H2,1-5H3,(H,31,33)(H,34,35)/q-1. The molecule has 0 bridgehead atoms. The van der Waals surface area contributed by atoms with Gasteiger partial charge in [0.25, 0.3) is 0 Å². The Balaban J connectivity index is 1.48. The Bertz CT molecular complexity index is 1310. The number of ether oxygens (including phenoxy) is 1. The number of H-pyrrole nitrogens is 1. The van der Waals surface area contributed by atoms with Crippen molar-refractivity contribution in [2.45, 2.75) is 52.6 Å². The number of halogens is 1. The van der Waals surface area contributed by atoms with Crippen molar-refractivity contribution in [1.82, 2.24) is 15.1 Å². The van der Waals surface area contributed by atoms with Crippen molar-refractivity contribution >= 4 is 17.2 Å². The van der Waals surface area contributed by atoms with Crippen molar-refractivity contribution in [3.05, 3.63) is 78.5 Å². The van der Waals surface area contributed by atoms with Crippen LogP contribution in [0.1, 0.15) is 55.0 Å². The van der Waals surface area contributed by atoms with Crippen molar-refractivity contribution in [2.24, 2.45) is 4.99 Å². The molecule has 1 saturated heterocycles. The number of piperidine rings is 1. The molecule has 0 atom stereocenters. The SMILES string of the molecule is Cc1cc(NC2=C[I-]c3n[nH]c(C)c3C(Nc3ccccc3)=N2)c(OC(C)C)cc1C1CCN(C)CC1. The van der Waals surface area contributed by atoms with Gasteiger partial charge in [-0.2, -0.15) is 0 Å².